The van der Waals surface area contributed by atoms with E-state index in [1.54, 1.807) is 7.05 Å². The summed E-state index contributed by atoms with van der Waals surface area (Å²) < 4.78 is 8.92. The number of rotatable bonds is 8. The van der Waals surface area contributed by atoms with Gasteiger partial charge in [0.05, 0.1) is 6.61 Å². The van der Waals surface area contributed by atoms with E-state index in [2.05, 4.69) is 15.3 Å². The molecule has 8 nitrogen and oxygen atoms in total. The van der Waals surface area contributed by atoms with Gasteiger partial charge < -0.3 is 14.6 Å². The average Bonchev–Trinajstić information content (AvgIpc) is 3.14. The van der Waals surface area contributed by atoms with Crippen LogP contribution in [0, 0.1) is 0 Å². The van der Waals surface area contributed by atoms with Crippen LogP contribution in [0.1, 0.15) is 12.0 Å². The van der Waals surface area contributed by atoms with Crippen LogP contribution in [0.3, 0.4) is 0 Å². The molecule has 2 aromatic carbocycles. The van der Waals surface area contributed by atoms with Crippen LogP contribution in [0.15, 0.2) is 70.3 Å². The molecule has 0 radical (unpaired) electrons. The highest BCUT2D eigenvalue weighted by molar-refractivity contribution is 5.74. The Labute approximate surface area is 172 Å². The van der Waals surface area contributed by atoms with E-state index < -0.39 is 11.2 Å². The quantitative estimate of drug-likeness (QED) is 0.439. The predicted octanol–water partition coefficient (Wildman–Crippen LogP) is 2.50. The molecular formula is C22H23N5O3. The van der Waals surface area contributed by atoms with Crippen molar-refractivity contribution in [2.75, 3.05) is 11.9 Å². The molecule has 4 rings (SSSR count). The van der Waals surface area contributed by atoms with Crippen LogP contribution >= 0.6 is 0 Å². The van der Waals surface area contributed by atoms with Crippen LogP contribution < -0.4 is 21.3 Å². The predicted molar refractivity (Wildman–Crippen MR) is 116 cm³/mol. The van der Waals surface area contributed by atoms with Crippen LogP contribution in [0.2, 0.25) is 0 Å². The van der Waals surface area contributed by atoms with Gasteiger partial charge in [0.15, 0.2) is 11.2 Å². The van der Waals surface area contributed by atoms with E-state index in [1.807, 2.05) is 65.2 Å². The van der Waals surface area contributed by atoms with Crippen LogP contribution in [-0.2, 0) is 20.1 Å². The van der Waals surface area contributed by atoms with Crippen molar-refractivity contribution in [2.24, 2.45) is 7.05 Å². The number of ether oxygens (including phenoxy) is 1. The number of para-hydroxylation sites is 1. The molecule has 154 valence electrons. The van der Waals surface area contributed by atoms with Gasteiger partial charge in [0.1, 0.15) is 5.75 Å². The van der Waals surface area contributed by atoms with E-state index in [9.17, 15) is 9.59 Å². The lowest BCUT2D eigenvalue weighted by Gasteiger charge is -2.11. The van der Waals surface area contributed by atoms with Gasteiger partial charge in [-0.1, -0.05) is 48.5 Å². The molecule has 4 aromatic rings. The van der Waals surface area contributed by atoms with E-state index in [1.165, 1.54) is 4.57 Å². The van der Waals surface area contributed by atoms with Gasteiger partial charge in [-0.05, 0) is 24.1 Å². The maximum Gasteiger partial charge on any atom is 0.329 e. The summed E-state index contributed by atoms with van der Waals surface area (Å²) in [5, 5.41) is 3.29. The van der Waals surface area contributed by atoms with Crippen LogP contribution in [0.5, 0.6) is 5.75 Å². The fourth-order valence-electron chi connectivity index (χ4n) is 3.29. The van der Waals surface area contributed by atoms with Crippen molar-refractivity contribution in [3.8, 4) is 5.75 Å². The van der Waals surface area contributed by atoms with Gasteiger partial charge in [0, 0.05) is 20.1 Å². The molecule has 2 heterocycles. The molecule has 0 aliphatic rings. The van der Waals surface area contributed by atoms with Crippen molar-refractivity contribution in [2.45, 2.75) is 19.5 Å². The summed E-state index contributed by atoms with van der Waals surface area (Å²) in [6.45, 7) is 1.56. The Hall–Kier alpha value is -3.81. The normalized spacial score (nSPS) is 11.0. The maximum absolute atomic E-state index is 12.5. The molecule has 8 heteroatoms. The van der Waals surface area contributed by atoms with Gasteiger partial charge in [0.2, 0.25) is 5.95 Å². The van der Waals surface area contributed by atoms with Crippen molar-refractivity contribution < 1.29 is 4.74 Å². The number of benzene rings is 2. The molecule has 0 saturated heterocycles. The maximum atomic E-state index is 12.5. The van der Waals surface area contributed by atoms with Gasteiger partial charge in [0.25, 0.3) is 5.56 Å². The first kappa shape index (κ1) is 19.5. The van der Waals surface area contributed by atoms with Crippen LogP contribution in [-0.4, -0.2) is 25.7 Å². The first-order chi connectivity index (χ1) is 14.6. The smallest absolute Gasteiger partial charge is 0.329 e. The van der Waals surface area contributed by atoms with E-state index in [0.717, 1.165) is 11.3 Å². The van der Waals surface area contributed by atoms with Crippen molar-refractivity contribution in [3.05, 3.63) is 87.1 Å². The molecule has 2 aromatic heterocycles. The zero-order chi connectivity index (χ0) is 20.9. The Morgan fingerprint density at radius 3 is 2.47 bits per heavy atom. The number of hydrogen-bond acceptors (Lipinski definition) is 5. The number of hydrogen-bond donors (Lipinski definition) is 2. The average molecular weight is 405 g/mol. The van der Waals surface area contributed by atoms with Crippen molar-refractivity contribution in [3.63, 3.8) is 0 Å². The van der Waals surface area contributed by atoms with Crippen molar-refractivity contribution >= 4 is 17.1 Å². The molecular weight excluding hydrogens is 382 g/mol. The lowest BCUT2D eigenvalue weighted by atomic mass is 10.2. The van der Waals surface area contributed by atoms with E-state index in [4.69, 9.17) is 4.74 Å². The Bertz CT molecular complexity index is 1240. The number of nitrogens with one attached hydrogen (secondary N) is 2. The van der Waals surface area contributed by atoms with Gasteiger partial charge in [-0.2, -0.15) is 4.98 Å². The fraction of sp³-hybridized carbons (Fsp3) is 0.227. The van der Waals surface area contributed by atoms with Crippen molar-refractivity contribution in [1.82, 2.24) is 19.1 Å². The monoisotopic (exact) mass is 405 g/mol. The minimum absolute atomic E-state index is 0.350. The second-order valence-corrected chi connectivity index (χ2v) is 6.93. The SMILES string of the molecule is Cn1c(=O)[nH]c(=O)c2c1nc(NCc1ccccc1)n2CCCOc1ccccc1. The number of H-pyrrole nitrogens is 1. The van der Waals surface area contributed by atoms with Crippen LogP contribution in [0.25, 0.3) is 11.2 Å². The fourth-order valence-corrected chi connectivity index (χ4v) is 3.29. The Kier molecular flexibility index (Phi) is 5.65. The highest BCUT2D eigenvalue weighted by Gasteiger charge is 2.17. The van der Waals surface area contributed by atoms with Gasteiger partial charge >= 0.3 is 5.69 Å². The van der Waals surface area contributed by atoms with Crippen LogP contribution in [0.4, 0.5) is 5.95 Å². The standard InChI is InChI=1S/C22H23N5O3/c1-26-19-18(20(28)25-22(26)29)27(13-8-14-30-17-11-6-3-7-12-17)21(24-19)23-15-16-9-4-2-5-10-16/h2-7,9-12H,8,13-15H2,1H3,(H,23,24)(H,25,28,29). The molecule has 0 aliphatic carbocycles. The molecule has 0 unspecified atom stereocenters. The summed E-state index contributed by atoms with van der Waals surface area (Å²) in [7, 11) is 1.59. The van der Waals surface area contributed by atoms with Gasteiger partial charge in [-0.25, -0.2) is 4.79 Å². The first-order valence-corrected chi connectivity index (χ1v) is 9.78. The molecule has 0 amide bonds. The van der Waals surface area contributed by atoms with Gasteiger partial charge in [-0.3, -0.25) is 14.3 Å². The molecule has 0 aliphatic heterocycles. The van der Waals surface area contributed by atoms with E-state index in [0.29, 0.717) is 43.2 Å². The number of anilines is 1. The Balaban J connectivity index is 1.58. The Morgan fingerprint density at radius 1 is 1.03 bits per heavy atom. The largest absolute Gasteiger partial charge is 0.494 e. The zero-order valence-electron chi connectivity index (χ0n) is 16.7. The summed E-state index contributed by atoms with van der Waals surface area (Å²) in [6.07, 6.45) is 0.669. The molecule has 0 saturated carbocycles. The number of fused-ring (bicyclic) bond motifs is 1. The zero-order valence-corrected chi connectivity index (χ0v) is 16.7. The number of nitrogens with zero attached hydrogens (tertiary/aromatic N) is 3. The lowest BCUT2D eigenvalue weighted by molar-refractivity contribution is 0.303. The molecule has 0 atom stereocenters. The molecule has 0 spiro atoms. The minimum Gasteiger partial charge on any atom is -0.494 e. The first-order valence-electron chi connectivity index (χ1n) is 9.78. The number of aryl methyl sites for hydroxylation is 2. The summed E-state index contributed by atoms with van der Waals surface area (Å²) in [5.41, 5.74) is 0.874. The van der Waals surface area contributed by atoms with E-state index >= 15 is 0 Å². The minimum atomic E-state index is -0.487. The summed E-state index contributed by atoms with van der Waals surface area (Å²) >= 11 is 0. The van der Waals surface area contributed by atoms with E-state index in [-0.39, 0.29) is 0 Å². The third kappa shape index (κ3) is 4.12. The van der Waals surface area contributed by atoms with Crippen molar-refractivity contribution in [1.29, 1.82) is 0 Å². The highest BCUT2D eigenvalue weighted by atomic mass is 16.5. The summed E-state index contributed by atoms with van der Waals surface area (Å²) in [4.78, 5) is 31.4. The molecule has 30 heavy (non-hydrogen) atoms. The molecule has 0 fully saturated rings. The third-order valence-corrected chi connectivity index (χ3v) is 4.84. The topological polar surface area (TPSA) is 93.9 Å². The lowest BCUT2D eigenvalue weighted by Crippen LogP contribution is -2.29. The molecule has 0 bridgehead atoms. The number of imidazole rings is 1. The summed E-state index contributed by atoms with van der Waals surface area (Å²) in [6, 6.07) is 19.5. The third-order valence-electron chi connectivity index (χ3n) is 4.84. The number of aromatic amines is 1. The molecule has 2 N–H and O–H groups in total. The van der Waals surface area contributed by atoms with Gasteiger partial charge in [-0.15, -0.1) is 0 Å². The number of aromatic nitrogens is 4. The highest BCUT2D eigenvalue weighted by Crippen LogP contribution is 2.17. The summed E-state index contributed by atoms with van der Waals surface area (Å²) in [5.74, 6) is 1.34. The second kappa shape index (κ2) is 8.69. The Morgan fingerprint density at radius 2 is 1.73 bits per heavy atom. The second-order valence-electron chi connectivity index (χ2n) is 6.93.